The third-order valence-electron chi connectivity index (χ3n) is 4.26. The van der Waals surface area contributed by atoms with Crippen molar-refractivity contribution in [2.45, 2.75) is 12.5 Å². The van der Waals surface area contributed by atoms with Crippen LogP contribution < -0.4 is 0 Å². The maximum atomic E-state index is 12.9. The van der Waals surface area contributed by atoms with Crippen LogP contribution >= 0.6 is 0 Å². The van der Waals surface area contributed by atoms with Crippen molar-refractivity contribution in [2.75, 3.05) is 19.8 Å². The first kappa shape index (κ1) is 15.5. The van der Waals surface area contributed by atoms with Gasteiger partial charge in [-0.25, -0.2) is 0 Å². The molecule has 8 nitrogen and oxygen atoms in total. The first-order chi connectivity index (χ1) is 12.3. The third kappa shape index (κ3) is 3.29. The van der Waals surface area contributed by atoms with Crippen LogP contribution in [0.5, 0.6) is 0 Å². The van der Waals surface area contributed by atoms with Crippen molar-refractivity contribution in [1.82, 2.24) is 30.5 Å². The van der Waals surface area contributed by atoms with Crippen LogP contribution in [0.25, 0.3) is 0 Å². The number of nitrogens with one attached hydrogen (secondary N) is 2. The highest BCUT2D eigenvalue weighted by Gasteiger charge is 2.32. The number of morpholine rings is 1. The number of carbonyl (C=O) groups excluding carboxylic acids is 1. The quantitative estimate of drug-likeness (QED) is 0.747. The normalized spacial score (nSPS) is 17.6. The Hall–Kier alpha value is -3.00. The van der Waals surface area contributed by atoms with Gasteiger partial charge in [0.05, 0.1) is 13.2 Å². The lowest BCUT2D eigenvalue weighted by Crippen LogP contribution is -2.44. The van der Waals surface area contributed by atoms with Gasteiger partial charge in [-0.1, -0.05) is 35.5 Å². The Morgan fingerprint density at radius 1 is 1.24 bits per heavy atom. The van der Waals surface area contributed by atoms with E-state index in [1.807, 2.05) is 30.3 Å². The zero-order valence-electron chi connectivity index (χ0n) is 13.6. The van der Waals surface area contributed by atoms with Gasteiger partial charge in [0.15, 0.2) is 5.82 Å². The number of hydrogen-bond acceptors (Lipinski definition) is 5. The molecule has 128 valence electrons. The van der Waals surface area contributed by atoms with Crippen molar-refractivity contribution >= 4 is 5.91 Å². The number of aromatic nitrogens is 5. The van der Waals surface area contributed by atoms with Crippen molar-refractivity contribution in [3.8, 4) is 0 Å². The zero-order chi connectivity index (χ0) is 17.1. The van der Waals surface area contributed by atoms with E-state index in [4.69, 9.17) is 4.74 Å². The van der Waals surface area contributed by atoms with Crippen molar-refractivity contribution in [3.05, 3.63) is 65.2 Å². The van der Waals surface area contributed by atoms with E-state index in [-0.39, 0.29) is 11.9 Å². The molecule has 1 aromatic carbocycles. The Bertz CT molecular complexity index is 830. The van der Waals surface area contributed by atoms with Crippen molar-refractivity contribution in [2.24, 2.45) is 0 Å². The molecule has 1 aliphatic rings. The van der Waals surface area contributed by atoms with Crippen LogP contribution in [0.4, 0.5) is 0 Å². The molecule has 1 aliphatic heterocycles. The van der Waals surface area contributed by atoms with E-state index in [1.54, 1.807) is 4.90 Å². The summed E-state index contributed by atoms with van der Waals surface area (Å²) in [4.78, 5) is 17.9. The number of tetrazole rings is 1. The van der Waals surface area contributed by atoms with Gasteiger partial charge in [0.1, 0.15) is 11.7 Å². The molecule has 0 aliphatic carbocycles. The van der Waals surface area contributed by atoms with Gasteiger partial charge in [0.2, 0.25) is 0 Å². The topological polar surface area (TPSA) is 99.8 Å². The number of benzene rings is 1. The summed E-state index contributed by atoms with van der Waals surface area (Å²) in [6.45, 7) is 1.35. The molecule has 1 amide bonds. The molecule has 25 heavy (non-hydrogen) atoms. The van der Waals surface area contributed by atoms with Crippen LogP contribution in [0.3, 0.4) is 0 Å². The highest BCUT2D eigenvalue weighted by atomic mass is 16.5. The lowest BCUT2D eigenvalue weighted by atomic mass is 10.1. The second-order valence-electron chi connectivity index (χ2n) is 5.92. The van der Waals surface area contributed by atoms with E-state index in [0.29, 0.717) is 31.3 Å². The van der Waals surface area contributed by atoms with Gasteiger partial charge < -0.3 is 14.6 Å². The van der Waals surface area contributed by atoms with E-state index in [2.05, 4.69) is 37.7 Å². The second kappa shape index (κ2) is 6.86. The SMILES string of the molecule is O=C(c1ccc(Cc2ccccc2)[nH]1)N1CCOCC1c1nn[nH]n1. The smallest absolute Gasteiger partial charge is 0.271 e. The molecule has 0 saturated carbocycles. The molecular weight excluding hydrogens is 320 g/mol. The number of H-pyrrole nitrogens is 2. The van der Waals surface area contributed by atoms with Crippen LogP contribution in [0.2, 0.25) is 0 Å². The minimum absolute atomic E-state index is 0.0857. The lowest BCUT2D eigenvalue weighted by molar-refractivity contribution is -0.00548. The maximum absolute atomic E-state index is 12.9. The monoisotopic (exact) mass is 338 g/mol. The number of ether oxygens (including phenoxy) is 1. The highest BCUT2D eigenvalue weighted by Crippen LogP contribution is 2.23. The summed E-state index contributed by atoms with van der Waals surface area (Å²) in [7, 11) is 0. The summed E-state index contributed by atoms with van der Waals surface area (Å²) >= 11 is 0. The molecular formula is C17H18N6O2. The minimum Gasteiger partial charge on any atom is -0.377 e. The van der Waals surface area contributed by atoms with Gasteiger partial charge in [-0.3, -0.25) is 4.79 Å². The summed E-state index contributed by atoms with van der Waals surface area (Å²) in [5, 5.41) is 14.0. The maximum Gasteiger partial charge on any atom is 0.271 e. The van der Waals surface area contributed by atoms with E-state index in [9.17, 15) is 4.79 Å². The Kier molecular flexibility index (Phi) is 4.26. The molecule has 1 unspecified atom stereocenters. The van der Waals surface area contributed by atoms with Crippen LogP contribution in [0.1, 0.15) is 33.6 Å². The first-order valence-electron chi connectivity index (χ1n) is 8.15. The Morgan fingerprint density at radius 3 is 2.92 bits per heavy atom. The minimum atomic E-state index is -0.333. The van der Waals surface area contributed by atoms with Gasteiger partial charge in [0, 0.05) is 18.7 Å². The molecule has 8 heteroatoms. The average Bonchev–Trinajstić information content (AvgIpc) is 3.34. The predicted molar refractivity (Wildman–Crippen MR) is 88.8 cm³/mol. The van der Waals surface area contributed by atoms with Gasteiger partial charge >= 0.3 is 0 Å². The van der Waals surface area contributed by atoms with Gasteiger partial charge in [-0.15, -0.1) is 10.2 Å². The molecule has 3 aromatic rings. The Morgan fingerprint density at radius 2 is 2.12 bits per heavy atom. The number of nitrogens with zero attached hydrogens (tertiary/aromatic N) is 4. The molecule has 0 bridgehead atoms. The predicted octanol–water partition coefficient (Wildman–Crippen LogP) is 1.33. The zero-order valence-corrected chi connectivity index (χ0v) is 13.6. The van der Waals surface area contributed by atoms with E-state index in [1.165, 1.54) is 5.56 Å². The molecule has 1 saturated heterocycles. The summed E-state index contributed by atoms with van der Waals surface area (Å²) in [5.74, 6) is 0.376. The third-order valence-corrected chi connectivity index (χ3v) is 4.26. The Labute approximate surface area is 144 Å². The fourth-order valence-corrected chi connectivity index (χ4v) is 3.01. The van der Waals surface area contributed by atoms with E-state index in [0.717, 1.165) is 12.1 Å². The first-order valence-corrected chi connectivity index (χ1v) is 8.15. The number of aromatic amines is 2. The summed E-state index contributed by atoms with van der Waals surface area (Å²) in [6.07, 6.45) is 0.755. The number of amides is 1. The van der Waals surface area contributed by atoms with Crippen molar-refractivity contribution in [3.63, 3.8) is 0 Å². The molecule has 1 fully saturated rings. The fourth-order valence-electron chi connectivity index (χ4n) is 3.01. The standard InChI is InChI=1S/C17H18N6O2/c24-17(23-8-9-25-11-15(23)16-19-21-22-20-16)14-7-6-13(18-14)10-12-4-2-1-3-5-12/h1-7,15,18H,8-11H2,(H,19,20,21,22). The van der Waals surface area contributed by atoms with Crippen LogP contribution in [0, 0.1) is 0 Å². The number of rotatable bonds is 4. The fraction of sp³-hybridized carbons (Fsp3) is 0.294. The summed E-state index contributed by atoms with van der Waals surface area (Å²) in [6, 6.07) is 13.6. The molecule has 2 aromatic heterocycles. The second-order valence-corrected chi connectivity index (χ2v) is 5.92. The van der Waals surface area contributed by atoms with E-state index < -0.39 is 0 Å². The van der Waals surface area contributed by atoms with Crippen LogP contribution in [0.15, 0.2) is 42.5 Å². The largest absolute Gasteiger partial charge is 0.377 e. The van der Waals surface area contributed by atoms with E-state index >= 15 is 0 Å². The van der Waals surface area contributed by atoms with Gasteiger partial charge in [-0.05, 0) is 17.7 Å². The lowest BCUT2D eigenvalue weighted by Gasteiger charge is -2.33. The summed E-state index contributed by atoms with van der Waals surface area (Å²) in [5.41, 5.74) is 2.75. The molecule has 2 N–H and O–H groups in total. The van der Waals surface area contributed by atoms with Gasteiger partial charge in [-0.2, -0.15) is 5.21 Å². The van der Waals surface area contributed by atoms with Crippen LogP contribution in [-0.4, -0.2) is 56.2 Å². The van der Waals surface area contributed by atoms with Crippen molar-refractivity contribution in [1.29, 1.82) is 0 Å². The molecule has 0 radical (unpaired) electrons. The van der Waals surface area contributed by atoms with Gasteiger partial charge in [0.25, 0.3) is 5.91 Å². The summed E-state index contributed by atoms with van der Waals surface area (Å²) < 4.78 is 5.48. The number of hydrogen-bond donors (Lipinski definition) is 2. The molecule has 0 spiro atoms. The highest BCUT2D eigenvalue weighted by molar-refractivity contribution is 5.93. The molecule has 1 atom stereocenters. The molecule has 3 heterocycles. The van der Waals surface area contributed by atoms with Crippen molar-refractivity contribution < 1.29 is 9.53 Å². The number of carbonyl (C=O) groups is 1. The van der Waals surface area contributed by atoms with Crippen LogP contribution in [-0.2, 0) is 11.2 Å². The average molecular weight is 338 g/mol. The Balaban J connectivity index is 1.52. The molecule has 4 rings (SSSR count).